The first kappa shape index (κ1) is 12.3. The monoisotopic (exact) mass is 241 g/mol. The molecule has 0 radical (unpaired) electrons. The zero-order valence-electron chi connectivity index (χ0n) is 10.5. The molecule has 1 heterocycles. The van der Waals surface area contributed by atoms with Gasteiger partial charge in [-0.25, -0.2) is 4.57 Å². The van der Waals surface area contributed by atoms with Crippen LogP contribution in [0, 0.1) is 0 Å². The number of hydrogen-bond donors (Lipinski definition) is 1. The molecule has 0 saturated heterocycles. The predicted molar refractivity (Wildman–Crippen MR) is 71.3 cm³/mol. The molecule has 0 bridgehead atoms. The van der Waals surface area contributed by atoms with Crippen LogP contribution in [-0.2, 0) is 6.54 Å². The Labute approximate surface area is 107 Å². The average Bonchev–Trinajstić information content (AvgIpc) is 2.40. The van der Waals surface area contributed by atoms with Gasteiger partial charge in [0.2, 0.25) is 0 Å². The minimum Gasteiger partial charge on any atom is -0.322 e. The molecule has 0 aliphatic carbocycles. The average molecular weight is 241 g/mol. The van der Waals surface area contributed by atoms with Crippen LogP contribution in [0.4, 0.5) is 5.69 Å². The molecule has 0 unspecified atom stereocenters. The van der Waals surface area contributed by atoms with Crippen LogP contribution in [-0.4, -0.2) is 5.91 Å². The van der Waals surface area contributed by atoms with Crippen molar-refractivity contribution in [1.29, 1.82) is 0 Å². The summed E-state index contributed by atoms with van der Waals surface area (Å²) >= 11 is 0. The molecule has 0 saturated carbocycles. The first-order valence-electron chi connectivity index (χ1n) is 6.15. The number of benzene rings is 1. The fourth-order valence-corrected chi connectivity index (χ4v) is 1.78. The van der Waals surface area contributed by atoms with Crippen LogP contribution in [0.2, 0.25) is 0 Å². The molecule has 2 rings (SSSR count). The van der Waals surface area contributed by atoms with E-state index in [9.17, 15) is 4.79 Å². The van der Waals surface area contributed by atoms with Gasteiger partial charge >= 0.3 is 0 Å². The summed E-state index contributed by atoms with van der Waals surface area (Å²) in [5, 5.41) is 2.88. The predicted octanol–water partition coefficient (Wildman–Crippen LogP) is 2.64. The summed E-state index contributed by atoms with van der Waals surface area (Å²) in [5.74, 6) is -0.0772. The second-order valence-corrected chi connectivity index (χ2v) is 4.15. The first-order chi connectivity index (χ1) is 8.79. The standard InChI is InChI=1S/C15H16N2O/c1-2-10-17-11-6-7-13(12-17)15(18)16-14-8-4-3-5-9-14/h3-9,11-12H,2,10H2,1H3/p+1. The lowest BCUT2D eigenvalue weighted by Gasteiger charge is -2.04. The Morgan fingerprint density at radius 2 is 1.94 bits per heavy atom. The number of pyridine rings is 1. The van der Waals surface area contributed by atoms with Crippen LogP contribution < -0.4 is 9.88 Å². The van der Waals surface area contributed by atoms with Gasteiger partial charge in [-0.05, 0) is 18.2 Å². The van der Waals surface area contributed by atoms with Crippen molar-refractivity contribution in [2.45, 2.75) is 19.9 Å². The molecule has 1 aromatic heterocycles. The van der Waals surface area contributed by atoms with Crippen LogP contribution in [0.3, 0.4) is 0 Å². The molecule has 0 aliphatic rings. The molecule has 0 aliphatic heterocycles. The Kier molecular flexibility index (Phi) is 4.07. The third-order valence-corrected chi connectivity index (χ3v) is 2.63. The summed E-state index contributed by atoms with van der Waals surface area (Å²) in [5.41, 5.74) is 1.49. The molecule has 0 spiro atoms. The van der Waals surface area contributed by atoms with Gasteiger partial charge < -0.3 is 5.32 Å². The van der Waals surface area contributed by atoms with Gasteiger partial charge in [0.25, 0.3) is 5.91 Å². The summed E-state index contributed by atoms with van der Waals surface area (Å²) in [6.07, 6.45) is 4.90. The van der Waals surface area contributed by atoms with E-state index < -0.39 is 0 Å². The second kappa shape index (κ2) is 5.96. The number of aryl methyl sites for hydroxylation is 1. The number of carbonyl (C=O) groups excluding carboxylic acids is 1. The van der Waals surface area contributed by atoms with Crippen LogP contribution in [0.25, 0.3) is 0 Å². The van der Waals surface area contributed by atoms with E-state index in [1.807, 2.05) is 59.4 Å². The van der Waals surface area contributed by atoms with Crippen LogP contribution in [0.1, 0.15) is 23.7 Å². The highest BCUT2D eigenvalue weighted by Crippen LogP contribution is 2.07. The Bertz CT molecular complexity index is 523. The lowest BCUT2D eigenvalue weighted by molar-refractivity contribution is -0.697. The van der Waals surface area contributed by atoms with E-state index in [-0.39, 0.29) is 5.91 Å². The van der Waals surface area contributed by atoms with E-state index in [4.69, 9.17) is 0 Å². The minimum atomic E-state index is -0.0772. The number of para-hydroxylation sites is 1. The van der Waals surface area contributed by atoms with E-state index in [1.165, 1.54) is 0 Å². The molecule has 0 fully saturated rings. The van der Waals surface area contributed by atoms with E-state index in [0.717, 1.165) is 18.7 Å². The smallest absolute Gasteiger partial charge is 0.261 e. The number of aromatic nitrogens is 1. The topological polar surface area (TPSA) is 33.0 Å². The van der Waals surface area contributed by atoms with E-state index >= 15 is 0 Å². The Balaban J connectivity index is 2.11. The molecule has 92 valence electrons. The highest BCUT2D eigenvalue weighted by molar-refractivity contribution is 6.03. The maximum atomic E-state index is 12.0. The quantitative estimate of drug-likeness (QED) is 0.820. The highest BCUT2D eigenvalue weighted by atomic mass is 16.1. The van der Waals surface area contributed by atoms with Gasteiger partial charge in [0.1, 0.15) is 12.1 Å². The summed E-state index contributed by atoms with van der Waals surface area (Å²) in [7, 11) is 0. The Morgan fingerprint density at radius 1 is 1.17 bits per heavy atom. The molecule has 0 atom stereocenters. The lowest BCUT2D eigenvalue weighted by atomic mass is 10.2. The second-order valence-electron chi connectivity index (χ2n) is 4.15. The van der Waals surface area contributed by atoms with Gasteiger partial charge in [-0.2, -0.15) is 0 Å². The van der Waals surface area contributed by atoms with Gasteiger partial charge in [0.15, 0.2) is 12.4 Å². The number of nitrogens with zero attached hydrogens (tertiary/aromatic N) is 1. The Hall–Kier alpha value is -2.16. The van der Waals surface area contributed by atoms with E-state index in [1.54, 1.807) is 0 Å². The van der Waals surface area contributed by atoms with Crippen molar-refractivity contribution in [3.05, 3.63) is 60.4 Å². The zero-order chi connectivity index (χ0) is 12.8. The lowest BCUT2D eigenvalue weighted by Crippen LogP contribution is -2.34. The number of rotatable bonds is 4. The maximum Gasteiger partial charge on any atom is 0.261 e. The van der Waals surface area contributed by atoms with Crippen molar-refractivity contribution < 1.29 is 9.36 Å². The molecule has 1 N–H and O–H groups in total. The normalized spacial score (nSPS) is 10.1. The van der Waals surface area contributed by atoms with E-state index in [2.05, 4.69) is 12.2 Å². The first-order valence-corrected chi connectivity index (χ1v) is 6.15. The molecular formula is C15H17N2O+. The van der Waals surface area contributed by atoms with Crippen molar-refractivity contribution in [2.24, 2.45) is 0 Å². The van der Waals surface area contributed by atoms with Gasteiger partial charge in [0, 0.05) is 18.2 Å². The number of anilines is 1. The number of hydrogen-bond acceptors (Lipinski definition) is 1. The fourth-order valence-electron chi connectivity index (χ4n) is 1.78. The molecule has 1 amide bonds. The fraction of sp³-hybridized carbons (Fsp3) is 0.200. The number of amides is 1. The molecule has 1 aromatic carbocycles. The van der Waals surface area contributed by atoms with Gasteiger partial charge in [0.05, 0.1) is 0 Å². The minimum absolute atomic E-state index is 0.0772. The SMILES string of the molecule is CCC[n+]1cccc(C(=O)Nc2ccccc2)c1. The highest BCUT2D eigenvalue weighted by Gasteiger charge is 2.10. The Morgan fingerprint density at radius 3 is 2.67 bits per heavy atom. The third-order valence-electron chi connectivity index (χ3n) is 2.63. The van der Waals surface area contributed by atoms with Crippen LogP contribution in [0.15, 0.2) is 54.9 Å². The van der Waals surface area contributed by atoms with Crippen molar-refractivity contribution in [3.8, 4) is 0 Å². The van der Waals surface area contributed by atoms with Gasteiger partial charge in [-0.3, -0.25) is 4.79 Å². The maximum absolute atomic E-state index is 12.0. The summed E-state index contributed by atoms with van der Waals surface area (Å²) in [6.45, 7) is 3.04. The third kappa shape index (κ3) is 3.17. The summed E-state index contributed by atoms with van der Waals surface area (Å²) < 4.78 is 2.03. The van der Waals surface area contributed by atoms with Gasteiger partial charge in [-0.15, -0.1) is 0 Å². The largest absolute Gasteiger partial charge is 0.322 e. The number of nitrogens with one attached hydrogen (secondary N) is 1. The molecule has 3 heteroatoms. The molecular weight excluding hydrogens is 224 g/mol. The molecule has 3 nitrogen and oxygen atoms in total. The van der Waals surface area contributed by atoms with E-state index in [0.29, 0.717) is 5.56 Å². The zero-order valence-corrected chi connectivity index (χ0v) is 10.5. The van der Waals surface area contributed by atoms with Crippen molar-refractivity contribution in [1.82, 2.24) is 0 Å². The van der Waals surface area contributed by atoms with Crippen molar-refractivity contribution in [3.63, 3.8) is 0 Å². The molecule has 18 heavy (non-hydrogen) atoms. The van der Waals surface area contributed by atoms with Crippen molar-refractivity contribution >= 4 is 11.6 Å². The summed E-state index contributed by atoms with van der Waals surface area (Å²) in [4.78, 5) is 12.0. The summed E-state index contributed by atoms with van der Waals surface area (Å²) in [6, 6.07) is 13.2. The van der Waals surface area contributed by atoms with Crippen LogP contribution >= 0.6 is 0 Å². The van der Waals surface area contributed by atoms with Crippen LogP contribution in [0.5, 0.6) is 0 Å². The van der Waals surface area contributed by atoms with Crippen molar-refractivity contribution in [2.75, 3.05) is 5.32 Å². The van der Waals surface area contributed by atoms with Gasteiger partial charge in [-0.1, -0.05) is 25.1 Å². The number of carbonyl (C=O) groups is 1. The molecule has 2 aromatic rings.